The van der Waals surface area contributed by atoms with E-state index in [0.29, 0.717) is 28.4 Å². The standard InChI is InChI=1S/C25H25N3O4S/c1-3-13-32-19-10-8-17(9-11-19)20-16-33-24(23(20)25(30)31-4-2)27-22(29)14-18-15-28-12-6-5-7-21(28)26-18/h5-12,15-16H,3-4,13-14H2,1-2H3,(H,27,29). The number of carbonyl (C=O) groups excluding carboxylic acids is 2. The minimum absolute atomic E-state index is 0.0979. The summed E-state index contributed by atoms with van der Waals surface area (Å²) in [6.07, 6.45) is 4.73. The Morgan fingerprint density at radius 2 is 1.94 bits per heavy atom. The zero-order chi connectivity index (χ0) is 23.2. The van der Waals surface area contributed by atoms with E-state index in [0.717, 1.165) is 23.4 Å². The molecule has 0 aliphatic rings. The van der Waals surface area contributed by atoms with Crippen molar-refractivity contribution in [3.8, 4) is 16.9 Å². The quantitative estimate of drug-likeness (QED) is 0.345. The highest BCUT2D eigenvalue weighted by Crippen LogP contribution is 2.37. The molecule has 0 unspecified atom stereocenters. The number of nitrogens with zero attached hydrogens (tertiary/aromatic N) is 2. The van der Waals surface area contributed by atoms with Crippen molar-refractivity contribution in [2.45, 2.75) is 26.7 Å². The summed E-state index contributed by atoms with van der Waals surface area (Å²) in [7, 11) is 0. The molecular weight excluding hydrogens is 438 g/mol. The SMILES string of the molecule is CCCOc1ccc(-c2csc(NC(=O)Cc3cn4ccccc4n3)c2C(=O)OCC)cc1. The molecule has 0 fully saturated rings. The summed E-state index contributed by atoms with van der Waals surface area (Å²) in [6.45, 7) is 4.70. The maximum atomic E-state index is 12.8. The van der Waals surface area contributed by atoms with Crippen molar-refractivity contribution in [3.05, 3.63) is 71.5 Å². The van der Waals surface area contributed by atoms with E-state index in [9.17, 15) is 9.59 Å². The smallest absolute Gasteiger partial charge is 0.341 e. The van der Waals surface area contributed by atoms with Crippen molar-refractivity contribution in [2.24, 2.45) is 0 Å². The molecule has 0 atom stereocenters. The maximum Gasteiger partial charge on any atom is 0.341 e. The van der Waals surface area contributed by atoms with Gasteiger partial charge in [0.2, 0.25) is 5.91 Å². The molecule has 0 spiro atoms. The first kappa shape index (κ1) is 22.5. The number of carbonyl (C=O) groups is 2. The van der Waals surface area contributed by atoms with Crippen molar-refractivity contribution in [1.82, 2.24) is 9.38 Å². The first-order chi connectivity index (χ1) is 16.1. The fourth-order valence-corrected chi connectivity index (χ4v) is 4.40. The number of amides is 1. The highest BCUT2D eigenvalue weighted by Gasteiger charge is 2.23. The third kappa shape index (κ3) is 5.23. The van der Waals surface area contributed by atoms with Gasteiger partial charge in [-0.2, -0.15) is 0 Å². The Balaban J connectivity index is 1.56. The highest BCUT2D eigenvalue weighted by molar-refractivity contribution is 7.15. The Labute approximate surface area is 196 Å². The van der Waals surface area contributed by atoms with Gasteiger partial charge in [0.1, 0.15) is 22.0 Å². The van der Waals surface area contributed by atoms with Gasteiger partial charge in [-0.1, -0.05) is 25.1 Å². The first-order valence-corrected chi connectivity index (χ1v) is 11.7. The monoisotopic (exact) mass is 463 g/mol. The van der Waals surface area contributed by atoms with Gasteiger partial charge < -0.3 is 19.2 Å². The fraction of sp³-hybridized carbons (Fsp3) is 0.240. The van der Waals surface area contributed by atoms with E-state index in [2.05, 4.69) is 17.2 Å². The van der Waals surface area contributed by atoms with Gasteiger partial charge in [0.05, 0.1) is 25.3 Å². The van der Waals surface area contributed by atoms with Crippen LogP contribution in [0.2, 0.25) is 0 Å². The molecule has 33 heavy (non-hydrogen) atoms. The van der Waals surface area contributed by atoms with Crippen molar-refractivity contribution < 1.29 is 19.1 Å². The molecule has 0 saturated carbocycles. The van der Waals surface area contributed by atoms with Gasteiger partial charge in [-0.15, -0.1) is 11.3 Å². The molecular formula is C25H25N3O4S. The lowest BCUT2D eigenvalue weighted by Crippen LogP contribution is -2.16. The van der Waals surface area contributed by atoms with Crippen molar-refractivity contribution in [3.63, 3.8) is 0 Å². The molecule has 0 aliphatic heterocycles. The second-order valence-corrected chi connectivity index (χ2v) is 8.25. The number of esters is 1. The number of pyridine rings is 1. The van der Waals surface area contributed by atoms with Gasteiger partial charge in [0, 0.05) is 23.3 Å². The molecule has 0 bridgehead atoms. The van der Waals surface area contributed by atoms with Crippen molar-refractivity contribution in [2.75, 3.05) is 18.5 Å². The summed E-state index contributed by atoms with van der Waals surface area (Å²) in [5.41, 5.74) is 3.34. The summed E-state index contributed by atoms with van der Waals surface area (Å²) in [5, 5.41) is 5.19. The Morgan fingerprint density at radius 1 is 1.12 bits per heavy atom. The van der Waals surface area contributed by atoms with Crippen LogP contribution in [0.1, 0.15) is 36.3 Å². The van der Waals surface area contributed by atoms with E-state index in [1.165, 1.54) is 11.3 Å². The number of ether oxygens (including phenoxy) is 2. The minimum Gasteiger partial charge on any atom is -0.494 e. The Hall–Kier alpha value is -3.65. The second kappa shape index (κ2) is 10.3. The van der Waals surface area contributed by atoms with Crippen LogP contribution in [-0.4, -0.2) is 34.5 Å². The van der Waals surface area contributed by atoms with Gasteiger partial charge in [-0.25, -0.2) is 9.78 Å². The van der Waals surface area contributed by atoms with Crippen molar-refractivity contribution >= 4 is 33.9 Å². The third-order valence-electron chi connectivity index (χ3n) is 4.92. The number of fused-ring (bicyclic) bond motifs is 1. The summed E-state index contributed by atoms with van der Waals surface area (Å²) < 4.78 is 12.8. The van der Waals surface area contributed by atoms with Gasteiger partial charge >= 0.3 is 5.97 Å². The number of benzene rings is 1. The zero-order valence-corrected chi connectivity index (χ0v) is 19.4. The van der Waals surface area contributed by atoms with Gasteiger partial charge in [0.25, 0.3) is 0 Å². The molecule has 8 heteroatoms. The number of hydrogen-bond donors (Lipinski definition) is 1. The molecule has 1 amide bonds. The fourth-order valence-electron chi connectivity index (χ4n) is 3.43. The predicted octanol–water partition coefficient (Wildman–Crippen LogP) is 5.21. The van der Waals surface area contributed by atoms with Crippen LogP contribution in [0.3, 0.4) is 0 Å². The van der Waals surface area contributed by atoms with E-state index in [-0.39, 0.29) is 18.9 Å². The van der Waals surface area contributed by atoms with Crippen LogP contribution in [0, 0.1) is 0 Å². The van der Waals surface area contributed by atoms with E-state index < -0.39 is 5.97 Å². The molecule has 4 rings (SSSR count). The van der Waals surface area contributed by atoms with Crippen molar-refractivity contribution in [1.29, 1.82) is 0 Å². The molecule has 3 heterocycles. The largest absolute Gasteiger partial charge is 0.494 e. The number of hydrogen-bond acceptors (Lipinski definition) is 6. The Bertz CT molecular complexity index is 1230. The first-order valence-electron chi connectivity index (χ1n) is 10.8. The lowest BCUT2D eigenvalue weighted by Gasteiger charge is -2.09. The number of thiophene rings is 1. The molecule has 4 aromatic rings. The molecule has 3 aromatic heterocycles. The summed E-state index contributed by atoms with van der Waals surface area (Å²) in [6, 6.07) is 13.2. The lowest BCUT2D eigenvalue weighted by atomic mass is 10.0. The third-order valence-corrected chi connectivity index (χ3v) is 5.81. The number of rotatable bonds is 9. The van der Waals surface area contributed by atoms with Crippen LogP contribution in [0.4, 0.5) is 5.00 Å². The summed E-state index contributed by atoms with van der Waals surface area (Å²) in [4.78, 5) is 30.0. The van der Waals surface area contributed by atoms with Crippen LogP contribution in [0.15, 0.2) is 60.2 Å². The van der Waals surface area contributed by atoms with Crippen LogP contribution < -0.4 is 10.1 Å². The number of anilines is 1. The molecule has 1 aromatic carbocycles. The van der Waals surface area contributed by atoms with Crippen LogP contribution in [0.5, 0.6) is 5.75 Å². The number of aromatic nitrogens is 2. The molecule has 0 saturated heterocycles. The predicted molar refractivity (Wildman–Crippen MR) is 129 cm³/mol. The molecule has 0 aliphatic carbocycles. The minimum atomic E-state index is -0.469. The summed E-state index contributed by atoms with van der Waals surface area (Å²) >= 11 is 1.30. The molecule has 1 N–H and O–H groups in total. The van der Waals surface area contributed by atoms with Gasteiger partial charge in [-0.05, 0) is 43.2 Å². The average molecular weight is 464 g/mol. The topological polar surface area (TPSA) is 81.9 Å². The van der Waals surface area contributed by atoms with E-state index in [4.69, 9.17) is 9.47 Å². The van der Waals surface area contributed by atoms with E-state index in [1.807, 2.05) is 64.6 Å². The molecule has 7 nitrogen and oxygen atoms in total. The van der Waals surface area contributed by atoms with E-state index >= 15 is 0 Å². The Morgan fingerprint density at radius 3 is 2.67 bits per heavy atom. The zero-order valence-electron chi connectivity index (χ0n) is 18.5. The second-order valence-electron chi connectivity index (χ2n) is 7.37. The average Bonchev–Trinajstić information content (AvgIpc) is 3.41. The van der Waals surface area contributed by atoms with Crippen LogP contribution in [-0.2, 0) is 16.0 Å². The van der Waals surface area contributed by atoms with Gasteiger partial charge in [0.15, 0.2) is 0 Å². The maximum absolute atomic E-state index is 12.8. The lowest BCUT2D eigenvalue weighted by molar-refractivity contribution is -0.115. The molecule has 0 radical (unpaired) electrons. The molecule has 170 valence electrons. The van der Waals surface area contributed by atoms with Gasteiger partial charge in [-0.3, -0.25) is 4.79 Å². The van der Waals surface area contributed by atoms with Crippen LogP contribution >= 0.6 is 11.3 Å². The van der Waals surface area contributed by atoms with Crippen LogP contribution in [0.25, 0.3) is 16.8 Å². The normalized spacial score (nSPS) is 10.8. The number of nitrogens with one attached hydrogen (secondary N) is 1. The summed E-state index contributed by atoms with van der Waals surface area (Å²) in [5.74, 6) is 0.0539. The Kier molecular flexibility index (Phi) is 7.04. The highest BCUT2D eigenvalue weighted by atomic mass is 32.1. The number of imidazole rings is 1. The van der Waals surface area contributed by atoms with E-state index in [1.54, 1.807) is 6.92 Å².